The van der Waals surface area contributed by atoms with Gasteiger partial charge in [0.1, 0.15) is 10.6 Å². The van der Waals surface area contributed by atoms with E-state index >= 15 is 0 Å². The lowest BCUT2D eigenvalue weighted by molar-refractivity contribution is 0.0729. The number of anilines is 1. The van der Waals surface area contributed by atoms with Gasteiger partial charge in [-0.1, -0.05) is 48.5 Å². The van der Waals surface area contributed by atoms with E-state index in [1.54, 1.807) is 24.3 Å². The predicted molar refractivity (Wildman–Crippen MR) is 122 cm³/mol. The van der Waals surface area contributed by atoms with Crippen LogP contribution >= 0.6 is 0 Å². The Morgan fingerprint density at radius 3 is 2.38 bits per heavy atom. The van der Waals surface area contributed by atoms with Gasteiger partial charge in [0.2, 0.25) is 10.0 Å². The summed E-state index contributed by atoms with van der Waals surface area (Å²) in [6, 6.07) is 21.5. The van der Waals surface area contributed by atoms with Gasteiger partial charge in [-0.15, -0.1) is 0 Å². The van der Waals surface area contributed by atoms with E-state index < -0.39 is 10.0 Å². The zero-order valence-corrected chi connectivity index (χ0v) is 18.5. The number of benzene rings is 3. The number of carbonyl (C=O) groups excluding carboxylic acids is 1. The van der Waals surface area contributed by atoms with Gasteiger partial charge in [0.25, 0.3) is 5.91 Å². The second kappa shape index (κ2) is 9.52. The largest absolute Gasteiger partial charge is 0.495 e. The molecule has 1 aliphatic rings. The molecule has 0 radical (unpaired) electrons. The Bertz CT molecular complexity index is 1210. The van der Waals surface area contributed by atoms with Crippen molar-refractivity contribution in [3.8, 4) is 16.9 Å². The van der Waals surface area contributed by atoms with Crippen molar-refractivity contribution in [3.05, 3.63) is 78.4 Å². The fourth-order valence-electron chi connectivity index (χ4n) is 3.63. The van der Waals surface area contributed by atoms with E-state index in [-0.39, 0.29) is 29.6 Å². The zero-order chi connectivity index (χ0) is 22.6. The highest BCUT2D eigenvalue weighted by atomic mass is 32.2. The summed E-state index contributed by atoms with van der Waals surface area (Å²) in [7, 11) is -2.38. The molecule has 32 heavy (non-hydrogen) atoms. The number of rotatable bonds is 6. The fourth-order valence-corrected chi connectivity index (χ4v) is 5.22. The summed E-state index contributed by atoms with van der Waals surface area (Å²) in [5.41, 5.74) is 2.57. The predicted octanol–water partition coefficient (Wildman–Crippen LogP) is 3.64. The molecule has 0 unspecified atom stereocenters. The first-order valence-corrected chi connectivity index (χ1v) is 11.7. The van der Waals surface area contributed by atoms with Crippen LogP contribution in [0.1, 0.15) is 10.4 Å². The molecule has 0 spiro atoms. The summed E-state index contributed by atoms with van der Waals surface area (Å²) >= 11 is 0. The first-order chi connectivity index (χ1) is 15.5. The third-order valence-electron chi connectivity index (χ3n) is 5.27. The zero-order valence-electron chi connectivity index (χ0n) is 17.7. The molecule has 3 aromatic carbocycles. The summed E-state index contributed by atoms with van der Waals surface area (Å²) in [6.45, 7) is 1.22. The molecule has 166 valence electrons. The number of morpholine rings is 1. The van der Waals surface area contributed by atoms with E-state index in [0.717, 1.165) is 11.1 Å². The monoisotopic (exact) mass is 452 g/mol. The van der Waals surface area contributed by atoms with Crippen molar-refractivity contribution in [2.24, 2.45) is 0 Å². The molecule has 0 atom stereocenters. The summed E-state index contributed by atoms with van der Waals surface area (Å²) in [5.74, 6) is -0.108. The standard InChI is InChI=1S/C24H24N2O5S/c1-30-22-12-11-19(17-23(22)32(28,29)26-13-15-31-16-14-26)25-24(27)21-10-6-5-9-20(21)18-7-3-2-4-8-18/h2-12,17H,13-16H2,1H3,(H,25,27). The Morgan fingerprint density at radius 1 is 0.969 bits per heavy atom. The lowest BCUT2D eigenvalue weighted by Gasteiger charge is -2.26. The minimum absolute atomic E-state index is 0.0102. The number of sulfonamides is 1. The van der Waals surface area contributed by atoms with E-state index in [9.17, 15) is 13.2 Å². The van der Waals surface area contributed by atoms with Crippen LogP contribution in [0.5, 0.6) is 5.75 Å². The smallest absolute Gasteiger partial charge is 0.256 e. The molecular formula is C24H24N2O5S. The molecule has 1 amide bonds. The Balaban J connectivity index is 1.65. The minimum atomic E-state index is -3.80. The van der Waals surface area contributed by atoms with Crippen LogP contribution in [-0.2, 0) is 14.8 Å². The van der Waals surface area contributed by atoms with Crippen molar-refractivity contribution in [1.29, 1.82) is 0 Å². The van der Waals surface area contributed by atoms with Crippen LogP contribution in [-0.4, -0.2) is 52.0 Å². The summed E-state index contributed by atoms with van der Waals surface area (Å²) in [6.07, 6.45) is 0. The first-order valence-electron chi connectivity index (χ1n) is 10.2. The number of carbonyl (C=O) groups is 1. The molecule has 8 heteroatoms. The Hall–Kier alpha value is -3.20. The van der Waals surface area contributed by atoms with Gasteiger partial charge in [-0.25, -0.2) is 8.42 Å². The Morgan fingerprint density at radius 2 is 1.66 bits per heavy atom. The Labute approximate surface area is 187 Å². The van der Waals surface area contributed by atoms with E-state index in [0.29, 0.717) is 24.5 Å². The number of hydrogen-bond acceptors (Lipinski definition) is 5. The van der Waals surface area contributed by atoms with Gasteiger partial charge in [-0.2, -0.15) is 4.31 Å². The molecule has 0 aliphatic carbocycles. The summed E-state index contributed by atoms with van der Waals surface area (Å²) in [5, 5.41) is 2.83. The molecule has 7 nitrogen and oxygen atoms in total. The number of ether oxygens (including phenoxy) is 2. The topological polar surface area (TPSA) is 84.9 Å². The Kier molecular flexibility index (Phi) is 6.55. The molecule has 3 aromatic rings. The van der Waals surface area contributed by atoms with Gasteiger partial charge < -0.3 is 14.8 Å². The van der Waals surface area contributed by atoms with Crippen LogP contribution in [0.15, 0.2) is 77.7 Å². The number of amides is 1. The van der Waals surface area contributed by atoms with Gasteiger partial charge in [-0.05, 0) is 35.4 Å². The van der Waals surface area contributed by atoms with Crippen molar-refractivity contribution >= 4 is 21.6 Å². The minimum Gasteiger partial charge on any atom is -0.495 e. The SMILES string of the molecule is COc1ccc(NC(=O)c2ccccc2-c2ccccc2)cc1S(=O)(=O)N1CCOCC1. The lowest BCUT2D eigenvalue weighted by Crippen LogP contribution is -2.40. The van der Waals surface area contributed by atoms with Crippen LogP contribution in [0.3, 0.4) is 0 Å². The van der Waals surface area contributed by atoms with Crippen LogP contribution < -0.4 is 10.1 Å². The van der Waals surface area contributed by atoms with Crippen molar-refractivity contribution in [2.75, 3.05) is 38.7 Å². The third-order valence-corrected chi connectivity index (χ3v) is 7.19. The molecule has 0 bridgehead atoms. The first kappa shape index (κ1) is 22.0. The van der Waals surface area contributed by atoms with Crippen molar-refractivity contribution in [2.45, 2.75) is 4.90 Å². The van der Waals surface area contributed by atoms with Crippen LogP contribution in [0, 0.1) is 0 Å². The molecule has 1 heterocycles. The lowest BCUT2D eigenvalue weighted by atomic mass is 9.99. The van der Waals surface area contributed by atoms with Gasteiger partial charge >= 0.3 is 0 Å². The highest BCUT2D eigenvalue weighted by Gasteiger charge is 2.29. The highest BCUT2D eigenvalue weighted by Crippen LogP contribution is 2.31. The second-order valence-corrected chi connectivity index (χ2v) is 9.15. The molecular weight excluding hydrogens is 428 g/mol. The molecule has 1 saturated heterocycles. The van der Waals surface area contributed by atoms with Crippen molar-refractivity contribution < 1.29 is 22.7 Å². The van der Waals surface area contributed by atoms with E-state index in [4.69, 9.17) is 9.47 Å². The average Bonchev–Trinajstić information content (AvgIpc) is 2.85. The van der Waals surface area contributed by atoms with E-state index in [1.165, 1.54) is 17.5 Å². The normalized spacial score (nSPS) is 14.7. The van der Waals surface area contributed by atoms with Gasteiger partial charge in [-0.3, -0.25) is 4.79 Å². The highest BCUT2D eigenvalue weighted by molar-refractivity contribution is 7.89. The molecule has 4 rings (SSSR count). The summed E-state index contributed by atoms with van der Waals surface area (Å²) in [4.78, 5) is 13.1. The van der Waals surface area contributed by atoms with Gasteiger partial charge in [0.05, 0.1) is 20.3 Å². The summed E-state index contributed by atoms with van der Waals surface area (Å²) < 4.78 is 38.3. The van der Waals surface area contributed by atoms with Crippen LogP contribution in [0.2, 0.25) is 0 Å². The molecule has 1 aliphatic heterocycles. The fraction of sp³-hybridized carbons (Fsp3) is 0.208. The van der Waals surface area contributed by atoms with Crippen LogP contribution in [0.25, 0.3) is 11.1 Å². The maximum atomic E-state index is 13.2. The quantitative estimate of drug-likeness (QED) is 0.617. The molecule has 0 aromatic heterocycles. The number of nitrogens with zero attached hydrogens (tertiary/aromatic N) is 1. The van der Waals surface area contributed by atoms with Gasteiger partial charge in [0.15, 0.2) is 0 Å². The second-order valence-electron chi connectivity index (χ2n) is 7.25. The molecule has 0 saturated carbocycles. The van der Waals surface area contributed by atoms with Gasteiger partial charge in [0, 0.05) is 24.3 Å². The van der Waals surface area contributed by atoms with Crippen molar-refractivity contribution in [1.82, 2.24) is 4.31 Å². The number of nitrogens with one attached hydrogen (secondary N) is 1. The van der Waals surface area contributed by atoms with E-state index in [1.807, 2.05) is 42.5 Å². The number of hydrogen-bond donors (Lipinski definition) is 1. The molecule has 1 fully saturated rings. The molecule has 1 N–H and O–H groups in total. The van der Waals surface area contributed by atoms with E-state index in [2.05, 4.69) is 5.32 Å². The maximum absolute atomic E-state index is 13.2. The maximum Gasteiger partial charge on any atom is 0.256 e. The third kappa shape index (κ3) is 4.52. The van der Waals surface area contributed by atoms with Crippen molar-refractivity contribution in [3.63, 3.8) is 0 Å². The number of methoxy groups -OCH3 is 1. The van der Waals surface area contributed by atoms with Crippen LogP contribution in [0.4, 0.5) is 5.69 Å². The average molecular weight is 453 g/mol.